The first-order chi connectivity index (χ1) is 19.5. The number of piperazine rings is 1. The largest absolute Gasteiger partial charge is 0.508 e. The summed E-state index contributed by atoms with van der Waals surface area (Å²) in [7, 11) is 2.17. The van der Waals surface area contributed by atoms with Crippen LogP contribution >= 0.6 is 0 Å². The zero-order valence-electron chi connectivity index (χ0n) is 24.1. The third-order valence-corrected chi connectivity index (χ3v) is 7.83. The summed E-state index contributed by atoms with van der Waals surface area (Å²) in [5.41, 5.74) is 21.6. The third-order valence-electron chi connectivity index (χ3n) is 7.83. The fourth-order valence-corrected chi connectivity index (χ4v) is 5.38. The van der Waals surface area contributed by atoms with E-state index in [4.69, 9.17) is 17.2 Å². The van der Waals surface area contributed by atoms with Crippen LogP contribution in [0.2, 0.25) is 0 Å². The van der Waals surface area contributed by atoms with Crippen LogP contribution in [0.15, 0.2) is 77.9 Å². The van der Waals surface area contributed by atoms with Gasteiger partial charge in [0, 0.05) is 58.9 Å². The Kier molecular flexibility index (Phi) is 11.1. The Labute approximate surface area is 241 Å². The number of aryl methyl sites for hydroxylation is 1. The summed E-state index contributed by atoms with van der Waals surface area (Å²) >= 11 is 0. The second-order valence-electron chi connectivity index (χ2n) is 10.6. The van der Waals surface area contributed by atoms with Crippen molar-refractivity contribution in [2.45, 2.75) is 58.0 Å². The van der Waals surface area contributed by atoms with Crippen LogP contribution < -0.4 is 17.2 Å². The Morgan fingerprint density at radius 1 is 1.17 bits per heavy atom. The molecule has 10 nitrogen and oxygen atoms in total. The van der Waals surface area contributed by atoms with Crippen molar-refractivity contribution < 1.29 is 19.4 Å². The monoisotopic (exact) mass is 567 g/mol. The van der Waals surface area contributed by atoms with Gasteiger partial charge in [-0.2, -0.15) is 0 Å². The fraction of sp³-hybridized carbons (Fsp3) is 0.433. The van der Waals surface area contributed by atoms with Gasteiger partial charge in [0.1, 0.15) is 17.4 Å². The van der Waals surface area contributed by atoms with Crippen molar-refractivity contribution in [3.63, 3.8) is 0 Å². The molecule has 41 heavy (non-hydrogen) atoms. The zero-order valence-corrected chi connectivity index (χ0v) is 24.1. The van der Waals surface area contributed by atoms with Gasteiger partial charge in [0.2, 0.25) is 0 Å². The highest BCUT2D eigenvalue weighted by Crippen LogP contribution is 2.32. The minimum absolute atomic E-state index is 0.0877. The predicted octanol–water partition coefficient (Wildman–Crippen LogP) is 3.66. The number of halogens is 1. The highest BCUT2D eigenvalue weighted by molar-refractivity contribution is 5.75. The van der Waals surface area contributed by atoms with Crippen molar-refractivity contribution in [1.82, 2.24) is 19.8 Å². The molecule has 2 saturated heterocycles. The molecule has 2 fully saturated rings. The molecule has 0 radical (unpaired) electrons. The smallest absolute Gasteiger partial charge is 0.352 e. The summed E-state index contributed by atoms with van der Waals surface area (Å²) in [4.78, 5) is 27.1. The lowest BCUT2D eigenvalue weighted by Gasteiger charge is -2.40. The lowest BCUT2D eigenvalue weighted by molar-refractivity contribution is -0.189. The number of aromatic nitrogens is 2. The van der Waals surface area contributed by atoms with Crippen LogP contribution in [-0.4, -0.2) is 63.1 Å². The van der Waals surface area contributed by atoms with E-state index in [-0.39, 0.29) is 17.5 Å². The molecule has 222 valence electrons. The van der Waals surface area contributed by atoms with Crippen molar-refractivity contribution in [2.75, 3.05) is 20.1 Å². The van der Waals surface area contributed by atoms with Gasteiger partial charge >= 0.3 is 5.97 Å². The fourth-order valence-electron chi connectivity index (χ4n) is 5.38. The quantitative estimate of drug-likeness (QED) is 0.283. The maximum atomic E-state index is 11.7. The summed E-state index contributed by atoms with van der Waals surface area (Å²) in [6.45, 7) is 9.03. The zero-order chi connectivity index (χ0) is 30.1. The van der Waals surface area contributed by atoms with Crippen molar-refractivity contribution in [3.05, 3.63) is 89.3 Å². The van der Waals surface area contributed by atoms with Gasteiger partial charge < -0.3 is 27.2 Å². The maximum absolute atomic E-state index is 11.7. The number of aliphatic hydroxyl groups is 1. The molecule has 0 aromatic carbocycles. The SMILES string of the molecule is C=C(O)C(=C\C=C/C)/C(N)=C/C(=C(N)N)N1CC2CCC(C1)N2C.Cc1ncc(C2=CCC(C(=O)OF)CC2)cn1. The molecule has 3 heterocycles. The first-order valence-electron chi connectivity index (χ1n) is 13.8. The molecule has 0 spiro atoms. The van der Waals surface area contributed by atoms with E-state index in [9.17, 15) is 14.4 Å². The minimum Gasteiger partial charge on any atom is -0.508 e. The molecule has 3 atom stereocenters. The molecule has 0 amide bonds. The molecule has 1 aromatic rings. The van der Waals surface area contributed by atoms with Crippen LogP contribution in [0.4, 0.5) is 4.53 Å². The van der Waals surface area contributed by atoms with E-state index in [2.05, 4.69) is 38.3 Å². The molecule has 1 aliphatic carbocycles. The molecule has 11 heteroatoms. The van der Waals surface area contributed by atoms with E-state index >= 15 is 0 Å². The normalized spacial score (nSPS) is 23.0. The Balaban J connectivity index is 0.000000239. The van der Waals surface area contributed by atoms with E-state index < -0.39 is 5.97 Å². The molecular formula is C30H42FN7O3. The topological polar surface area (TPSA) is 157 Å². The first kappa shape index (κ1) is 31.4. The van der Waals surface area contributed by atoms with E-state index in [1.54, 1.807) is 30.6 Å². The van der Waals surface area contributed by atoms with Crippen molar-refractivity contribution >= 4 is 11.5 Å². The standard InChI is InChI=1S/C18H29N5O.C12H13FN2O2/c1-4-5-6-15(12(2)24)16(19)9-17(18(20)21)23-10-13-7-8-14(11-23)22(13)3;1-8-14-6-11(7-15-8)9-2-4-10(5-3-9)12(16)17-13/h4-6,9,13-14,24H,2,7-8,10-11,19-21H2,1,3H3;2,6-7,10H,3-5H2,1H3/b5-4-,15-6+,16-9-;. The minimum atomic E-state index is -0.777. The molecule has 3 aliphatic rings. The van der Waals surface area contributed by atoms with Crippen molar-refractivity contribution in [1.29, 1.82) is 0 Å². The van der Waals surface area contributed by atoms with Crippen LogP contribution in [0.5, 0.6) is 0 Å². The molecule has 0 saturated carbocycles. The summed E-state index contributed by atoms with van der Waals surface area (Å²) in [6, 6.07) is 1.03. The number of fused-ring (bicyclic) bond motifs is 2. The Morgan fingerprint density at radius 2 is 1.80 bits per heavy atom. The number of carbonyl (C=O) groups excluding carboxylic acids is 1. The average Bonchev–Trinajstić information content (AvgIpc) is 3.15. The lowest BCUT2D eigenvalue weighted by atomic mass is 9.87. The molecular weight excluding hydrogens is 525 g/mol. The first-order valence-corrected chi connectivity index (χ1v) is 13.8. The number of allylic oxidation sites excluding steroid dienone is 6. The molecule has 3 unspecified atom stereocenters. The van der Waals surface area contributed by atoms with E-state index in [1.165, 1.54) is 12.8 Å². The third kappa shape index (κ3) is 8.20. The molecule has 2 bridgehead atoms. The Bertz CT molecular complexity index is 1240. The average molecular weight is 568 g/mol. The molecule has 1 aromatic heterocycles. The number of likely N-dealkylation sites (tertiary alicyclic amines) is 1. The summed E-state index contributed by atoms with van der Waals surface area (Å²) in [5, 5.41) is 9.78. The van der Waals surface area contributed by atoms with E-state index in [1.807, 2.05) is 26.0 Å². The van der Waals surface area contributed by atoms with Crippen LogP contribution in [-0.2, 0) is 9.74 Å². The van der Waals surface area contributed by atoms with Crippen LogP contribution in [0.1, 0.15) is 50.4 Å². The number of nitrogens with two attached hydrogens (primary N) is 3. The number of hydrogen-bond acceptors (Lipinski definition) is 10. The van der Waals surface area contributed by atoms with Gasteiger partial charge in [0.05, 0.1) is 11.6 Å². The van der Waals surface area contributed by atoms with Crippen LogP contribution in [0.3, 0.4) is 0 Å². The van der Waals surface area contributed by atoms with Crippen molar-refractivity contribution in [2.24, 2.45) is 23.1 Å². The lowest BCUT2D eigenvalue weighted by Crippen LogP contribution is -2.51. The van der Waals surface area contributed by atoms with Gasteiger partial charge in [-0.3, -0.25) is 9.84 Å². The van der Waals surface area contributed by atoms with Gasteiger partial charge in [-0.1, -0.05) is 24.8 Å². The summed E-state index contributed by atoms with van der Waals surface area (Å²) < 4.78 is 11.7. The number of rotatable bonds is 7. The number of hydrogen-bond donors (Lipinski definition) is 4. The van der Waals surface area contributed by atoms with Gasteiger partial charge in [-0.05, 0) is 70.7 Å². The van der Waals surface area contributed by atoms with Crippen molar-refractivity contribution in [3.8, 4) is 0 Å². The Hall–Kier alpha value is -4.12. The summed E-state index contributed by atoms with van der Waals surface area (Å²) in [6.07, 6.45) is 16.8. The molecule has 2 aliphatic heterocycles. The van der Waals surface area contributed by atoms with E-state index in [0.717, 1.165) is 30.1 Å². The van der Waals surface area contributed by atoms with Gasteiger partial charge in [0.25, 0.3) is 0 Å². The molecule has 7 N–H and O–H groups in total. The summed E-state index contributed by atoms with van der Waals surface area (Å²) in [5.74, 6) is -0.273. The second kappa shape index (κ2) is 14.5. The number of aliphatic hydroxyl groups excluding tert-OH is 1. The predicted molar refractivity (Wildman–Crippen MR) is 158 cm³/mol. The highest BCUT2D eigenvalue weighted by Gasteiger charge is 2.38. The van der Waals surface area contributed by atoms with Crippen LogP contribution in [0.25, 0.3) is 5.57 Å². The molecule has 4 rings (SSSR count). The van der Waals surface area contributed by atoms with Gasteiger partial charge in [0.15, 0.2) is 0 Å². The maximum Gasteiger partial charge on any atom is 0.352 e. The van der Waals surface area contributed by atoms with Gasteiger partial charge in [-0.15, -0.1) is 0 Å². The Morgan fingerprint density at radius 3 is 2.29 bits per heavy atom. The number of carbonyl (C=O) groups is 1. The number of nitrogens with zero attached hydrogens (tertiary/aromatic N) is 4. The highest BCUT2D eigenvalue weighted by atomic mass is 19.3. The van der Waals surface area contributed by atoms with E-state index in [0.29, 0.717) is 48.3 Å². The van der Waals surface area contributed by atoms with Crippen LogP contribution in [0, 0.1) is 12.8 Å². The number of likely N-dealkylation sites (N-methyl/N-ethyl adjacent to an activating group) is 1. The van der Waals surface area contributed by atoms with Gasteiger partial charge in [-0.25, -0.2) is 14.8 Å². The second-order valence-corrected chi connectivity index (χ2v) is 10.6.